The van der Waals surface area contributed by atoms with Crippen LogP contribution >= 0.6 is 0 Å². The fourth-order valence-corrected chi connectivity index (χ4v) is 1.81. The van der Waals surface area contributed by atoms with E-state index in [1.165, 1.54) is 0 Å². The van der Waals surface area contributed by atoms with E-state index in [1.807, 2.05) is 12.1 Å². The van der Waals surface area contributed by atoms with Crippen molar-refractivity contribution in [2.24, 2.45) is 0 Å². The van der Waals surface area contributed by atoms with Crippen molar-refractivity contribution in [2.45, 2.75) is 12.6 Å². The number of phenolic OH excluding ortho intramolecular Hbond substituents is 1. The largest absolute Gasteiger partial charge is 0.504 e. The molecule has 2 rings (SSSR count). The third-order valence-electron chi connectivity index (χ3n) is 2.61. The van der Waals surface area contributed by atoms with Crippen molar-refractivity contribution in [1.29, 1.82) is 0 Å². The SMILES string of the molecule is COc1cccc(C2NCCCN2)c1O. The molecule has 15 heavy (non-hydrogen) atoms. The second-order valence-electron chi connectivity index (χ2n) is 3.59. The quantitative estimate of drug-likeness (QED) is 0.678. The number of benzene rings is 1. The van der Waals surface area contributed by atoms with Crippen LogP contribution in [0.3, 0.4) is 0 Å². The number of ether oxygens (including phenoxy) is 1. The second kappa shape index (κ2) is 4.51. The van der Waals surface area contributed by atoms with Gasteiger partial charge in [0.25, 0.3) is 0 Å². The van der Waals surface area contributed by atoms with Gasteiger partial charge in [0.15, 0.2) is 11.5 Å². The molecule has 1 fully saturated rings. The summed E-state index contributed by atoms with van der Waals surface area (Å²) in [5.74, 6) is 0.730. The zero-order chi connectivity index (χ0) is 10.7. The predicted octanol–water partition coefficient (Wildman–Crippen LogP) is 0.982. The predicted molar refractivity (Wildman–Crippen MR) is 58.0 cm³/mol. The molecule has 1 aliphatic rings. The average Bonchev–Trinajstić information content (AvgIpc) is 2.30. The summed E-state index contributed by atoms with van der Waals surface area (Å²) in [6, 6.07) is 5.53. The maximum atomic E-state index is 9.94. The molecule has 0 radical (unpaired) electrons. The number of aromatic hydroxyl groups is 1. The monoisotopic (exact) mass is 208 g/mol. The molecule has 4 heteroatoms. The molecule has 82 valence electrons. The molecule has 1 aromatic rings. The highest BCUT2D eigenvalue weighted by Gasteiger charge is 2.18. The smallest absolute Gasteiger partial charge is 0.163 e. The van der Waals surface area contributed by atoms with Crippen LogP contribution < -0.4 is 15.4 Å². The van der Waals surface area contributed by atoms with Crippen molar-refractivity contribution in [2.75, 3.05) is 20.2 Å². The molecule has 0 atom stereocenters. The molecule has 1 saturated heterocycles. The minimum Gasteiger partial charge on any atom is -0.504 e. The van der Waals surface area contributed by atoms with E-state index >= 15 is 0 Å². The summed E-state index contributed by atoms with van der Waals surface area (Å²) in [4.78, 5) is 0. The Morgan fingerprint density at radius 1 is 1.33 bits per heavy atom. The van der Waals surface area contributed by atoms with Gasteiger partial charge in [0.1, 0.15) is 0 Å². The Morgan fingerprint density at radius 2 is 2.07 bits per heavy atom. The Bertz CT molecular complexity index is 335. The molecule has 1 aliphatic heterocycles. The van der Waals surface area contributed by atoms with Crippen molar-refractivity contribution in [3.05, 3.63) is 23.8 Å². The van der Waals surface area contributed by atoms with Crippen molar-refractivity contribution in [3.8, 4) is 11.5 Å². The van der Waals surface area contributed by atoms with Crippen LogP contribution in [-0.2, 0) is 0 Å². The maximum absolute atomic E-state index is 9.94. The lowest BCUT2D eigenvalue weighted by Gasteiger charge is -2.26. The molecule has 1 aromatic carbocycles. The van der Waals surface area contributed by atoms with Gasteiger partial charge in [0, 0.05) is 5.56 Å². The third-order valence-corrected chi connectivity index (χ3v) is 2.61. The molecule has 1 heterocycles. The topological polar surface area (TPSA) is 53.5 Å². The fourth-order valence-electron chi connectivity index (χ4n) is 1.81. The summed E-state index contributed by atoms with van der Waals surface area (Å²) in [7, 11) is 1.56. The van der Waals surface area contributed by atoms with Crippen LogP contribution in [0.1, 0.15) is 18.2 Å². The van der Waals surface area contributed by atoms with Gasteiger partial charge in [0.05, 0.1) is 13.3 Å². The molecule has 0 aromatic heterocycles. The van der Waals surface area contributed by atoms with Crippen LogP contribution in [0.4, 0.5) is 0 Å². The summed E-state index contributed by atoms with van der Waals surface area (Å²) in [6.45, 7) is 1.93. The molecule has 4 nitrogen and oxygen atoms in total. The van der Waals surface area contributed by atoms with Gasteiger partial charge < -0.3 is 9.84 Å². The van der Waals surface area contributed by atoms with Gasteiger partial charge in [-0.3, -0.25) is 10.6 Å². The van der Waals surface area contributed by atoms with Gasteiger partial charge >= 0.3 is 0 Å². The number of nitrogens with one attached hydrogen (secondary N) is 2. The molecule has 0 bridgehead atoms. The first-order valence-electron chi connectivity index (χ1n) is 5.15. The van der Waals surface area contributed by atoms with Gasteiger partial charge in [-0.2, -0.15) is 0 Å². The Labute approximate surface area is 89.3 Å². The van der Waals surface area contributed by atoms with Gasteiger partial charge in [-0.15, -0.1) is 0 Å². The summed E-state index contributed by atoms with van der Waals surface area (Å²) in [6.07, 6.45) is 1.13. The normalized spacial score (nSPS) is 17.7. The van der Waals surface area contributed by atoms with E-state index in [0.29, 0.717) is 5.75 Å². The van der Waals surface area contributed by atoms with Crippen LogP contribution in [-0.4, -0.2) is 25.3 Å². The van der Waals surface area contributed by atoms with Crippen LogP contribution in [0, 0.1) is 0 Å². The van der Waals surface area contributed by atoms with Crippen LogP contribution in [0.5, 0.6) is 11.5 Å². The zero-order valence-corrected chi connectivity index (χ0v) is 8.79. The van der Waals surface area contributed by atoms with E-state index in [9.17, 15) is 5.11 Å². The van der Waals surface area contributed by atoms with Crippen molar-refractivity contribution in [1.82, 2.24) is 10.6 Å². The number of phenols is 1. The lowest BCUT2D eigenvalue weighted by molar-refractivity contribution is 0.343. The number of rotatable bonds is 2. The Balaban J connectivity index is 2.26. The van der Waals surface area contributed by atoms with Crippen molar-refractivity contribution in [3.63, 3.8) is 0 Å². The molecular weight excluding hydrogens is 192 g/mol. The molecule has 0 saturated carbocycles. The first-order chi connectivity index (χ1) is 7.33. The van der Waals surface area contributed by atoms with E-state index < -0.39 is 0 Å². The lowest BCUT2D eigenvalue weighted by atomic mass is 10.1. The Morgan fingerprint density at radius 3 is 2.73 bits per heavy atom. The van der Waals surface area contributed by atoms with E-state index in [4.69, 9.17) is 4.74 Å². The zero-order valence-electron chi connectivity index (χ0n) is 8.79. The standard InChI is InChI=1S/C11H16N2O2/c1-15-9-5-2-4-8(10(9)14)11-12-6-3-7-13-11/h2,4-5,11-14H,3,6-7H2,1H3. The van der Waals surface area contributed by atoms with E-state index in [-0.39, 0.29) is 11.9 Å². The highest BCUT2D eigenvalue weighted by atomic mass is 16.5. The maximum Gasteiger partial charge on any atom is 0.163 e. The highest BCUT2D eigenvalue weighted by Crippen LogP contribution is 2.32. The number of hydrogen-bond acceptors (Lipinski definition) is 4. The molecule has 0 amide bonds. The Kier molecular flexibility index (Phi) is 3.08. The first kappa shape index (κ1) is 10.3. The summed E-state index contributed by atoms with van der Waals surface area (Å²) < 4.78 is 5.07. The molecule has 3 N–H and O–H groups in total. The van der Waals surface area contributed by atoms with Gasteiger partial charge in [0.2, 0.25) is 0 Å². The van der Waals surface area contributed by atoms with E-state index in [2.05, 4.69) is 10.6 Å². The van der Waals surface area contributed by atoms with Crippen LogP contribution in [0.2, 0.25) is 0 Å². The highest BCUT2D eigenvalue weighted by molar-refractivity contribution is 5.46. The Hall–Kier alpha value is -1.26. The minimum atomic E-state index is 0.0221. The number of hydrogen-bond donors (Lipinski definition) is 3. The van der Waals surface area contributed by atoms with Crippen LogP contribution in [0.15, 0.2) is 18.2 Å². The second-order valence-corrected chi connectivity index (χ2v) is 3.59. The molecule has 0 spiro atoms. The van der Waals surface area contributed by atoms with Crippen LogP contribution in [0.25, 0.3) is 0 Å². The van der Waals surface area contributed by atoms with Gasteiger partial charge in [-0.05, 0) is 25.6 Å². The third kappa shape index (κ3) is 2.06. The molecule has 0 aliphatic carbocycles. The first-order valence-corrected chi connectivity index (χ1v) is 5.15. The van der Waals surface area contributed by atoms with Crippen molar-refractivity contribution < 1.29 is 9.84 Å². The number of methoxy groups -OCH3 is 1. The van der Waals surface area contributed by atoms with Gasteiger partial charge in [-0.1, -0.05) is 12.1 Å². The number of para-hydroxylation sites is 1. The van der Waals surface area contributed by atoms with Gasteiger partial charge in [-0.25, -0.2) is 0 Å². The average molecular weight is 208 g/mol. The summed E-state index contributed by atoms with van der Waals surface area (Å²) in [5.41, 5.74) is 0.842. The molecular formula is C11H16N2O2. The fraction of sp³-hybridized carbons (Fsp3) is 0.455. The van der Waals surface area contributed by atoms with E-state index in [0.717, 1.165) is 25.1 Å². The lowest BCUT2D eigenvalue weighted by Crippen LogP contribution is -2.41. The molecule has 0 unspecified atom stereocenters. The van der Waals surface area contributed by atoms with Crippen molar-refractivity contribution >= 4 is 0 Å². The minimum absolute atomic E-state index is 0.0221. The van der Waals surface area contributed by atoms with E-state index in [1.54, 1.807) is 13.2 Å². The summed E-state index contributed by atoms with van der Waals surface area (Å²) in [5, 5.41) is 16.5. The summed E-state index contributed by atoms with van der Waals surface area (Å²) >= 11 is 0.